The number of aromatic nitrogens is 1. The van der Waals surface area contributed by atoms with Gasteiger partial charge in [-0.3, -0.25) is 5.43 Å². The van der Waals surface area contributed by atoms with Gasteiger partial charge in [0.2, 0.25) is 5.67 Å². The van der Waals surface area contributed by atoms with E-state index in [1.807, 2.05) is 11.8 Å². The average molecular weight is 537 g/mol. The highest BCUT2D eigenvalue weighted by Crippen LogP contribution is 2.39. The molecule has 2 aromatic carbocycles. The normalized spacial score (nSPS) is 20.9. The van der Waals surface area contributed by atoms with Crippen molar-refractivity contribution in [3.8, 4) is 10.4 Å². The van der Waals surface area contributed by atoms with Gasteiger partial charge in [-0.25, -0.2) is 19.6 Å². The summed E-state index contributed by atoms with van der Waals surface area (Å²) in [6, 6.07) is 17.1. The van der Waals surface area contributed by atoms with Crippen LogP contribution in [0.1, 0.15) is 62.2 Å². The van der Waals surface area contributed by atoms with Gasteiger partial charge in [-0.15, -0.1) is 11.3 Å². The minimum atomic E-state index is -1.43. The number of rotatable bonds is 9. The predicted octanol–water partition coefficient (Wildman–Crippen LogP) is 6.11. The van der Waals surface area contributed by atoms with Crippen LogP contribution in [0, 0.1) is 0 Å². The number of hydrogen-bond acceptors (Lipinski definition) is 5. The van der Waals surface area contributed by atoms with Crippen LogP contribution in [0.5, 0.6) is 0 Å². The number of hydrogen-bond donors (Lipinski definition) is 2. The van der Waals surface area contributed by atoms with Crippen molar-refractivity contribution in [2.45, 2.75) is 70.1 Å². The number of carbonyl (C=O) groups excluding carboxylic acids is 1. The molecule has 0 aliphatic carbocycles. The van der Waals surface area contributed by atoms with E-state index >= 15 is 0 Å². The molecule has 3 aromatic rings. The number of benzene rings is 2. The second kappa shape index (κ2) is 10.4. The van der Waals surface area contributed by atoms with Gasteiger partial charge in [-0.2, -0.15) is 0 Å². The minimum Gasteiger partial charge on any atom is -0.374 e. The van der Waals surface area contributed by atoms with Crippen LogP contribution in [-0.2, 0) is 28.7 Å². The van der Waals surface area contributed by atoms with Crippen molar-refractivity contribution < 1.29 is 13.9 Å². The summed E-state index contributed by atoms with van der Waals surface area (Å²) in [7, 11) is 0. The Morgan fingerprint density at radius 1 is 1.08 bits per heavy atom. The van der Waals surface area contributed by atoms with Crippen LogP contribution in [0.4, 0.5) is 9.18 Å². The highest BCUT2D eigenvalue weighted by molar-refractivity contribution is 7.15. The van der Waals surface area contributed by atoms with Crippen LogP contribution in [0.25, 0.3) is 10.4 Å². The molecule has 5 rings (SSSR count). The lowest BCUT2D eigenvalue weighted by Gasteiger charge is -2.36. The van der Waals surface area contributed by atoms with E-state index in [0.29, 0.717) is 11.6 Å². The zero-order valence-corrected chi connectivity index (χ0v) is 23.5. The van der Waals surface area contributed by atoms with Gasteiger partial charge in [0.25, 0.3) is 0 Å². The topological polar surface area (TPSA) is 66.5 Å². The van der Waals surface area contributed by atoms with E-state index in [1.165, 1.54) is 28.0 Å². The fourth-order valence-electron chi connectivity index (χ4n) is 5.27. The highest BCUT2D eigenvalue weighted by Gasteiger charge is 2.44. The van der Waals surface area contributed by atoms with E-state index in [1.54, 1.807) is 6.20 Å². The number of amides is 2. The van der Waals surface area contributed by atoms with Gasteiger partial charge in [0.15, 0.2) is 0 Å². The molecule has 202 valence electrons. The monoisotopic (exact) mass is 536 g/mol. The first kappa shape index (κ1) is 26.8. The number of aryl methyl sites for hydroxylation is 1. The van der Waals surface area contributed by atoms with Crippen LogP contribution in [0.2, 0.25) is 0 Å². The molecule has 0 radical (unpaired) electrons. The Morgan fingerprint density at radius 3 is 2.37 bits per heavy atom. The lowest BCUT2D eigenvalue weighted by molar-refractivity contribution is -0.135. The molecule has 0 saturated carbocycles. The fraction of sp³-hybridized carbons (Fsp3) is 0.467. The van der Waals surface area contributed by atoms with Gasteiger partial charge < -0.3 is 9.64 Å². The predicted molar refractivity (Wildman–Crippen MR) is 150 cm³/mol. The molecule has 6 nitrogen and oxygen atoms in total. The van der Waals surface area contributed by atoms with Crippen molar-refractivity contribution in [3.05, 3.63) is 76.4 Å². The van der Waals surface area contributed by atoms with Crippen LogP contribution >= 0.6 is 11.3 Å². The summed E-state index contributed by atoms with van der Waals surface area (Å²) in [5.41, 5.74) is 9.19. The summed E-state index contributed by atoms with van der Waals surface area (Å²) in [4.78, 5) is 19.8. The number of nitrogens with one attached hydrogen (secondary N) is 2. The molecule has 2 fully saturated rings. The highest BCUT2D eigenvalue weighted by atomic mass is 32.1. The van der Waals surface area contributed by atoms with Gasteiger partial charge in [0.05, 0.1) is 18.1 Å². The first-order valence-electron chi connectivity index (χ1n) is 13.4. The molecule has 0 bridgehead atoms. The maximum Gasteiger partial charge on any atom is 0.333 e. The fourth-order valence-corrected chi connectivity index (χ4v) is 6.25. The van der Waals surface area contributed by atoms with Gasteiger partial charge >= 0.3 is 6.03 Å². The molecule has 1 unspecified atom stereocenters. The zero-order valence-electron chi connectivity index (χ0n) is 22.6. The van der Waals surface area contributed by atoms with Crippen molar-refractivity contribution in [1.82, 2.24) is 20.7 Å². The Labute approximate surface area is 228 Å². The van der Waals surface area contributed by atoms with Crippen molar-refractivity contribution in [3.63, 3.8) is 0 Å². The second-order valence-corrected chi connectivity index (χ2v) is 12.5. The Morgan fingerprint density at radius 2 is 1.76 bits per heavy atom. The average Bonchev–Trinajstić information content (AvgIpc) is 3.48. The van der Waals surface area contributed by atoms with Crippen molar-refractivity contribution in [2.24, 2.45) is 0 Å². The Hall–Kier alpha value is -2.81. The zero-order chi connectivity index (χ0) is 27.0. The van der Waals surface area contributed by atoms with Crippen molar-refractivity contribution in [1.29, 1.82) is 0 Å². The molecule has 0 spiro atoms. The molecule has 2 aliphatic rings. The molecule has 1 atom stereocenters. The third-order valence-corrected chi connectivity index (χ3v) is 8.87. The number of hydrazine groups is 1. The van der Waals surface area contributed by atoms with Crippen molar-refractivity contribution in [2.75, 3.05) is 19.8 Å². The summed E-state index contributed by atoms with van der Waals surface area (Å²) in [6.45, 7) is 9.49. The summed E-state index contributed by atoms with van der Waals surface area (Å²) in [6.07, 6.45) is 5.13. The van der Waals surface area contributed by atoms with E-state index in [9.17, 15) is 9.18 Å². The summed E-state index contributed by atoms with van der Waals surface area (Å²) < 4.78 is 19.6. The summed E-state index contributed by atoms with van der Waals surface area (Å²) in [5, 5.41) is 0.494. The van der Waals surface area contributed by atoms with E-state index < -0.39 is 11.3 Å². The molecule has 2 aliphatic heterocycles. The molecule has 8 heteroatoms. The molecule has 1 aromatic heterocycles. The van der Waals surface area contributed by atoms with Gasteiger partial charge in [0, 0.05) is 19.2 Å². The van der Waals surface area contributed by atoms with Gasteiger partial charge in [0.1, 0.15) is 10.7 Å². The summed E-state index contributed by atoms with van der Waals surface area (Å²) in [5.74, 6) is 0. The number of alkyl halides is 1. The molecule has 3 heterocycles. The third kappa shape index (κ3) is 5.35. The SMILES string of the molecule is CCN1C(=O)NNC1(CCCc1ccc(-c2cnc(C3(F)COC3)s2)cc1)Cc1ccc(C(C)(C)C)cc1. The van der Waals surface area contributed by atoms with Crippen LogP contribution in [0.3, 0.4) is 0 Å². The first-order valence-corrected chi connectivity index (χ1v) is 14.2. The molecular weight excluding hydrogens is 499 g/mol. The second-order valence-electron chi connectivity index (χ2n) is 11.5. The standard InChI is InChI=1S/C30H37FN4O2S/c1-5-35-27(36)33-34-30(35,17-22-10-14-24(15-11-22)28(2,3)4)16-6-7-21-8-12-23(13-9-21)25-18-32-26(38-25)29(31)19-37-20-29/h8-15,18,34H,5-7,16-17,19-20H2,1-4H3,(H,33,36). The van der Waals surface area contributed by atoms with E-state index in [-0.39, 0.29) is 24.7 Å². The van der Waals surface area contributed by atoms with E-state index in [4.69, 9.17) is 4.74 Å². The number of halogens is 1. The number of thiazole rings is 1. The van der Waals surface area contributed by atoms with Crippen LogP contribution in [0.15, 0.2) is 54.7 Å². The maximum absolute atomic E-state index is 14.6. The Kier molecular flexibility index (Phi) is 7.33. The number of likely N-dealkylation sites (N-methyl/N-ethyl adjacent to an activating group) is 1. The van der Waals surface area contributed by atoms with E-state index in [0.717, 1.165) is 36.1 Å². The quantitative estimate of drug-likeness (QED) is 0.346. The molecular formula is C30H37FN4O2S. The number of carbonyl (C=O) groups is 1. The van der Waals surface area contributed by atoms with Gasteiger partial charge in [-0.1, -0.05) is 69.3 Å². The minimum absolute atomic E-state index is 0.0735. The maximum atomic E-state index is 14.6. The largest absolute Gasteiger partial charge is 0.374 e. The lowest BCUT2D eigenvalue weighted by Crippen LogP contribution is -2.54. The van der Waals surface area contributed by atoms with Gasteiger partial charge in [-0.05, 0) is 53.9 Å². The Bertz CT molecular complexity index is 1260. The smallest absolute Gasteiger partial charge is 0.333 e. The molecule has 38 heavy (non-hydrogen) atoms. The van der Waals surface area contributed by atoms with Crippen LogP contribution in [-0.4, -0.2) is 41.3 Å². The van der Waals surface area contributed by atoms with Crippen LogP contribution < -0.4 is 10.9 Å². The number of ether oxygens (including phenoxy) is 1. The number of nitrogens with zero attached hydrogens (tertiary/aromatic N) is 2. The summed E-state index contributed by atoms with van der Waals surface area (Å²) >= 11 is 1.40. The van der Waals surface area contributed by atoms with Crippen molar-refractivity contribution >= 4 is 17.4 Å². The first-order chi connectivity index (χ1) is 18.1. The third-order valence-electron chi connectivity index (χ3n) is 7.64. The molecule has 2 amide bonds. The molecule has 2 saturated heterocycles. The molecule has 2 N–H and O–H groups in total. The Balaban J connectivity index is 1.24. The lowest BCUT2D eigenvalue weighted by atomic mass is 9.85. The van der Waals surface area contributed by atoms with E-state index in [2.05, 4.69) is 85.1 Å². The number of urea groups is 1.